The highest BCUT2D eigenvalue weighted by Crippen LogP contribution is 2.23. The number of methoxy groups -OCH3 is 1. The number of benzene rings is 1. The largest absolute Gasteiger partial charge is 0.497 e. The second-order valence-corrected chi connectivity index (χ2v) is 5.47. The fraction of sp³-hybridized carbons (Fsp3) is 0.533. The fourth-order valence-corrected chi connectivity index (χ4v) is 2.50. The lowest BCUT2D eigenvalue weighted by atomic mass is 10.1. The molecule has 104 valence electrons. The summed E-state index contributed by atoms with van der Waals surface area (Å²) in [4.78, 5) is 4.59. The van der Waals surface area contributed by atoms with E-state index >= 15 is 0 Å². The quantitative estimate of drug-likeness (QED) is 0.741. The van der Waals surface area contributed by atoms with E-state index in [1.165, 1.54) is 6.42 Å². The van der Waals surface area contributed by atoms with Gasteiger partial charge in [0.15, 0.2) is 0 Å². The molecule has 0 aliphatic carbocycles. The van der Waals surface area contributed by atoms with Crippen LogP contribution in [0.15, 0.2) is 18.2 Å². The number of fused-ring (bicyclic) bond motifs is 1. The highest BCUT2D eigenvalue weighted by molar-refractivity contribution is 6.16. The maximum Gasteiger partial charge on any atom is 0.124 e. The average molecular weight is 281 g/mol. The molecule has 0 aliphatic heterocycles. The van der Waals surface area contributed by atoms with Crippen LogP contribution in [0.2, 0.25) is 0 Å². The molecule has 1 heterocycles. The van der Waals surface area contributed by atoms with E-state index in [1.54, 1.807) is 7.11 Å². The van der Waals surface area contributed by atoms with Crippen molar-refractivity contribution in [2.45, 2.75) is 39.1 Å². The Balaban J connectivity index is 2.29. The van der Waals surface area contributed by atoms with Crippen molar-refractivity contribution in [3.63, 3.8) is 0 Å². The Morgan fingerprint density at radius 3 is 2.79 bits per heavy atom. The predicted molar refractivity (Wildman–Crippen MR) is 79.9 cm³/mol. The normalized spacial score (nSPS) is 11.4. The van der Waals surface area contributed by atoms with Gasteiger partial charge in [-0.25, -0.2) is 4.98 Å². The van der Waals surface area contributed by atoms with E-state index in [1.807, 2.05) is 12.1 Å². The molecule has 19 heavy (non-hydrogen) atoms. The molecule has 0 unspecified atom stereocenters. The summed E-state index contributed by atoms with van der Waals surface area (Å²) in [6.45, 7) is 5.47. The van der Waals surface area contributed by atoms with Crippen molar-refractivity contribution >= 4 is 22.6 Å². The summed E-state index contributed by atoms with van der Waals surface area (Å²) in [5.41, 5.74) is 2.10. The molecule has 0 amide bonds. The minimum Gasteiger partial charge on any atom is -0.497 e. The second kappa shape index (κ2) is 6.29. The molecule has 0 bridgehead atoms. The smallest absolute Gasteiger partial charge is 0.124 e. The molecule has 2 rings (SSSR count). The number of halogens is 1. The summed E-state index contributed by atoms with van der Waals surface area (Å²) in [6, 6.07) is 6.00. The van der Waals surface area contributed by atoms with Gasteiger partial charge in [-0.2, -0.15) is 0 Å². The maximum atomic E-state index is 6.00. The first-order chi connectivity index (χ1) is 9.15. The molecule has 0 saturated carbocycles. The molecule has 0 saturated heterocycles. The molecule has 0 fully saturated rings. The number of imidazole rings is 1. The lowest BCUT2D eigenvalue weighted by Crippen LogP contribution is -2.03. The highest BCUT2D eigenvalue weighted by atomic mass is 35.5. The summed E-state index contributed by atoms with van der Waals surface area (Å²) >= 11 is 6.00. The monoisotopic (exact) mass is 280 g/mol. The molecule has 0 spiro atoms. The van der Waals surface area contributed by atoms with Crippen LogP contribution < -0.4 is 4.74 Å². The van der Waals surface area contributed by atoms with Gasteiger partial charge < -0.3 is 9.30 Å². The number of nitrogens with zero attached hydrogens (tertiary/aromatic N) is 2. The molecule has 0 radical (unpaired) electrons. The topological polar surface area (TPSA) is 27.1 Å². The van der Waals surface area contributed by atoms with E-state index < -0.39 is 0 Å². The van der Waals surface area contributed by atoms with Gasteiger partial charge in [-0.3, -0.25) is 0 Å². The first kappa shape index (κ1) is 14.2. The second-order valence-electron chi connectivity index (χ2n) is 5.20. The lowest BCUT2D eigenvalue weighted by molar-refractivity contribution is 0.415. The average Bonchev–Trinajstić information content (AvgIpc) is 2.75. The number of hydrogen-bond acceptors (Lipinski definition) is 2. The van der Waals surface area contributed by atoms with Crippen LogP contribution in [0.3, 0.4) is 0 Å². The molecule has 1 aromatic heterocycles. The number of ether oxygens (including phenoxy) is 1. The zero-order valence-electron chi connectivity index (χ0n) is 11.8. The van der Waals surface area contributed by atoms with Gasteiger partial charge in [0.2, 0.25) is 0 Å². The van der Waals surface area contributed by atoms with Gasteiger partial charge in [-0.1, -0.05) is 13.8 Å². The van der Waals surface area contributed by atoms with Crippen LogP contribution in [0.1, 0.15) is 32.5 Å². The third kappa shape index (κ3) is 3.21. The van der Waals surface area contributed by atoms with Crippen molar-refractivity contribution in [1.82, 2.24) is 9.55 Å². The zero-order chi connectivity index (χ0) is 13.8. The van der Waals surface area contributed by atoms with Crippen molar-refractivity contribution in [3.05, 3.63) is 24.0 Å². The number of alkyl halides is 1. The van der Waals surface area contributed by atoms with Crippen LogP contribution in [-0.4, -0.2) is 16.7 Å². The summed E-state index contributed by atoms with van der Waals surface area (Å²) in [6.07, 6.45) is 2.37. The number of aryl methyl sites for hydroxylation is 1. The van der Waals surface area contributed by atoms with Crippen LogP contribution in [0, 0.1) is 5.92 Å². The van der Waals surface area contributed by atoms with E-state index in [4.69, 9.17) is 16.3 Å². The summed E-state index contributed by atoms with van der Waals surface area (Å²) in [5, 5.41) is 0. The third-order valence-electron chi connectivity index (χ3n) is 3.32. The SMILES string of the molecule is COc1ccc2c(c1)nc(CCl)n2CCCC(C)C. The highest BCUT2D eigenvalue weighted by Gasteiger charge is 2.10. The van der Waals surface area contributed by atoms with Crippen LogP contribution in [-0.2, 0) is 12.4 Å². The Kier molecular flexibility index (Phi) is 4.70. The third-order valence-corrected chi connectivity index (χ3v) is 3.56. The Labute approximate surface area is 119 Å². The summed E-state index contributed by atoms with van der Waals surface area (Å²) in [7, 11) is 1.67. The standard InChI is InChI=1S/C15H21ClN2O/c1-11(2)5-4-8-18-14-7-6-12(19-3)9-13(14)17-15(18)10-16/h6-7,9,11H,4-5,8,10H2,1-3H3. The van der Waals surface area contributed by atoms with Crippen LogP contribution in [0.5, 0.6) is 5.75 Å². The first-order valence-corrected chi connectivity index (χ1v) is 7.28. The molecule has 0 aliphatic rings. The van der Waals surface area contributed by atoms with Crippen LogP contribution >= 0.6 is 11.6 Å². The van der Waals surface area contributed by atoms with E-state index in [0.717, 1.165) is 41.5 Å². The Bertz CT molecular complexity index is 548. The van der Waals surface area contributed by atoms with Gasteiger partial charge in [-0.15, -0.1) is 11.6 Å². The minimum atomic E-state index is 0.443. The summed E-state index contributed by atoms with van der Waals surface area (Å²) < 4.78 is 7.46. The van der Waals surface area contributed by atoms with Crippen LogP contribution in [0.4, 0.5) is 0 Å². The molecule has 0 atom stereocenters. The van der Waals surface area contributed by atoms with Crippen molar-refractivity contribution in [3.8, 4) is 5.75 Å². The van der Waals surface area contributed by atoms with E-state index in [9.17, 15) is 0 Å². The van der Waals surface area contributed by atoms with E-state index in [2.05, 4.69) is 29.5 Å². The molecule has 2 aromatic rings. The molecule has 3 nitrogen and oxygen atoms in total. The molecule has 1 aromatic carbocycles. The van der Waals surface area contributed by atoms with Crippen molar-refractivity contribution in [2.75, 3.05) is 7.11 Å². The summed E-state index contributed by atoms with van der Waals surface area (Å²) in [5.74, 6) is 2.95. The number of hydrogen-bond donors (Lipinski definition) is 0. The molecule has 4 heteroatoms. The van der Waals surface area contributed by atoms with Crippen LogP contribution in [0.25, 0.3) is 11.0 Å². The number of rotatable bonds is 6. The van der Waals surface area contributed by atoms with Gasteiger partial charge in [-0.05, 0) is 30.9 Å². The number of aromatic nitrogens is 2. The Hall–Kier alpha value is -1.22. The van der Waals surface area contributed by atoms with E-state index in [0.29, 0.717) is 5.88 Å². The van der Waals surface area contributed by atoms with Gasteiger partial charge in [0.1, 0.15) is 11.6 Å². The molecular weight excluding hydrogens is 260 g/mol. The van der Waals surface area contributed by atoms with Crippen molar-refractivity contribution < 1.29 is 4.74 Å². The van der Waals surface area contributed by atoms with E-state index in [-0.39, 0.29) is 0 Å². The van der Waals surface area contributed by atoms with Gasteiger partial charge in [0.05, 0.1) is 24.0 Å². The maximum absolute atomic E-state index is 6.00. The van der Waals surface area contributed by atoms with Gasteiger partial charge >= 0.3 is 0 Å². The lowest BCUT2D eigenvalue weighted by Gasteiger charge is -2.09. The predicted octanol–water partition coefficient (Wildman–Crippen LogP) is 4.22. The zero-order valence-corrected chi connectivity index (χ0v) is 12.6. The minimum absolute atomic E-state index is 0.443. The van der Waals surface area contributed by atoms with Gasteiger partial charge in [0.25, 0.3) is 0 Å². The Morgan fingerprint density at radius 1 is 1.37 bits per heavy atom. The molecular formula is C15H21ClN2O. The fourth-order valence-electron chi connectivity index (χ4n) is 2.30. The first-order valence-electron chi connectivity index (χ1n) is 6.74. The molecule has 0 N–H and O–H groups in total. The van der Waals surface area contributed by atoms with Gasteiger partial charge in [0, 0.05) is 12.6 Å². The van der Waals surface area contributed by atoms with Crippen molar-refractivity contribution in [2.24, 2.45) is 5.92 Å². The van der Waals surface area contributed by atoms with Crippen molar-refractivity contribution in [1.29, 1.82) is 0 Å². The Morgan fingerprint density at radius 2 is 2.16 bits per heavy atom.